The van der Waals surface area contributed by atoms with Crippen LogP contribution in [0.3, 0.4) is 0 Å². The van der Waals surface area contributed by atoms with Crippen LogP contribution in [0.1, 0.15) is 24.0 Å². The average molecular weight is 317 g/mol. The van der Waals surface area contributed by atoms with Crippen LogP contribution in [-0.4, -0.2) is 61.8 Å². The number of nitrogens with zero attached hydrogens (tertiary/aromatic N) is 2. The Bertz CT molecular complexity index is 543. The molecule has 1 atom stereocenters. The molecule has 2 heterocycles. The summed E-state index contributed by atoms with van der Waals surface area (Å²) in [5, 5.41) is 3.12. The smallest absolute Gasteiger partial charge is 0.317 e. The Morgan fingerprint density at radius 1 is 1.30 bits per heavy atom. The van der Waals surface area contributed by atoms with Gasteiger partial charge in [0.1, 0.15) is 0 Å². The quantitative estimate of drug-likeness (QED) is 0.925. The van der Waals surface area contributed by atoms with Crippen molar-refractivity contribution in [1.29, 1.82) is 0 Å². The van der Waals surface area contributed by atoms with E-state index in [4.69, 9.17) is 4.74 Å². The summed E-state index contributed by atoms with van der Waals surface area (Å²) in [6.07, 6.45) is 2.86. The fourth-order valence-corrected chi connectivity index (χ4v) is 3.51. The second-order valence-electron chi connectivity index (χ2n) is 6.68. The summed E-state index contributed by atoms with van der Waals surface area (Å²) in [5.74, 6) is 0. The number of ether oxygens (including phenoxy) is 1. The molecule has 0 radical (unpaired) electrons. The van der Waals surface area contributed by atoms with Crippen molar-refractivity contribution >= 4 is 6.03 Å². The van der Waals surface area contributed by atoms with Gasteiger partial charge in [-0.1, -0.05) is 24.3 Å². The SMILES string of the molecule is CN(C(=O)NC[C@H]1Cc2ccccc2CN1C)C1CCOCC1. The van der Waals surface area contributed by atoms with E-state index in [0.29, 0.717) is 18.6 Å². The molecule has 5 nitrogen and oxygen atoms in total. The Hall–Kier alpha value is -1.59. The van der Waals surface area contributed by atoms with Crippen molar-refractivity contribution in [2.24, 2.45) is 0 Å². The van der Waals surface area contributed by atoms with Gasteiger partial charge in [0, 0.05) is 45.4 Å². The summed E-state index contributed by atoms with van der Waals surface area (Å²) in [6.45, 7) is 3.15. The predicted molar refractivity (Wildman–Crippen MR) is 90.4 cm³/mol. The van der Waals surface area contributed by atoms with E-state index in [9.17, 15) is 4.79 Å². The molecule has 5 heteroatoms. The summed E-state index contributed by atoms with van der Waals surface area (Å²) in [5.41, 5.74) is 2.81. The number of hydrogen-bond donors (Lipinski definition) is 1. The molecule has 126 valence electrons. The highest BCUT2D eigenvalue weighted by Crippen LogP contribution is 2.21. The minimum Gasteiger partial charge on any atom is -0.381 e. The summed E-state index contributed by atoms with van der Waals surface area (Å²) in [7, 11) is 4.03. The molecule has 2 aliphatic heterocycles. The average Bonchev–Trinajstić information content (AvgIpc) is 2.59. The second kappa shape index (κ2) is 7.32. The van der Waals surface area contributed by atoms with Crippen molar-refractivity contribution in [1.82, 2.24) is 15.1 Å². The highest BCUT2D eigenvalue weighted by molar-refractivity contribution is 5.74. The number of carbonyl (C=O) groups excluding carboxylic acids is 1. The van der Waals surface area contributed by atoms with E-state index in [1.165, 1.54) is 11.1 Å². The van der Waals surface area contributed by atoms with Crippen molar-refractivity contribution in [2.45, 2.75) is 37.9 Å². The van der Waals surface area contributed by atoms with Gasteiger partial charge < -0.3 is 15.0 Å². The number of likely N-dealkylation sites (N-methyl/N-ethyl adjacent to an activating group) is 1. The molecule has 2 aliphatic rings. The summed E-state index contributed by atoms with van der Waals surface area (Å²) in [6, 6.07) is 9.27. The highest BCUT2D eigenvalue weighted by atomic mass is 16.5. The maximum absolute atomic E-state index is 12.4. The molecule has 1 fully saturated rings. The topological polar surface area (TPSA) is 44.8 Å². The van der Waals surface area contributed by atoms with Gasteiger partial charge in [-0.15, -0.1) is 0 Å². The van der Waals surface area contributed by atoms with Crippen LogP contribution in [0.25, 0.3) is 0 Å². The third-order valence-electron chi connectivity index (χ3n) is 5.16. The van der Waals surface area contributed by atoms with Crippen LogP contribution in [0.2, 0.25) is 0 Å². The zero-order valence-electron chi connectivity index (χ0n) is 14.1. The lowest BCUT2D eigenvalue weighted by Gasteiger charge is -2.35. The van der Waals surface area contributed by atoms with E-state index in [1.807, 2.05) is 11.9 Å². The van der Waals surface area contributed by atoms with Gasteiger partial charge in [0.2, 0.25) is 0 Å². The van der Waals surface area contributed by atoms with Gasteiger partial charge in [0.15, 0.2) is 0 Å². The molecule has 23 heavy (non-hydrogen) atoms. The monoisotopic (exact) mass is 317 g/mol. The zero-order chi connectivity index (χ0) is 16.2. The molecule has 0 spiro atoms. The fourth-order valence-electron chi connectivity index (χ4n) is 3.51. The molecule has 0 unspecified atom stereocenters. The summed E-state index contributed by atoms with van der Waals surface area (Å²) in [4.78, 5) is 16.6. The van der Waals surface area contributed by atoms with Crippen LogP contribution >= 0.6 is 0 Å². The van der Waals surface area contributed by atoms with Crippen molar-refractivity contribution in [3.05, 3.63) is 35.4 Å². The maximum Gasteiger partial charge on any atom is 0.317 e. The molecular formula is C18H27N3O2. The summed E-state index contributed by atoms with van der Waals surface area (Å²) < 4.78 is 5.37. The number of fused-ring (bicyclic) bond motifs is 1. The second-order valence-corrected chi connectivity index (χ2v) is 6.68. The molecule has 1 saturated heterocycles. The van der Waals surface area contributed by atoms with E-state index in [1.54, 1.807) is 0 Å². The van der Waals surface area contributed by atoms with Crippen molar-refractivity contribution in [3.8, 4) is 0 Å². The van der Waals surface area contributed by atoms with Crippen LogP contribution < -0.4 is 5.32 Å². The lowest BCUT2D eigenvalue weighted by atomic mass is 9.94. The first-order valence-corrected chi connectivity index (χ1v) is 8.50. The van der Waals surface area contributed by atoms with Gasteiger partial charge in [-0.3, -0.25) is 4.90 Å². The Labute approximate surface area is 138 Å². The number of carbonyl (C=O) groups is 1. The highest BCUT2D eigenvalue weighted by Gasteiger charge is 2.26. The van der Waals surface area contributed by atoms with Gasteiger partial charge >= 0.3 is 6.03 Å². The molecule has 1 aromatic rings. The number of benzene rings is 1. The first-order valence-electron chi connectivity index (χ1n) is 8.50. The maximum atomic E-state index is 12.4. The number of amides is 2. The third-order valence-corrected chi connectivity index (χ3v) is 5.16. The number of nitrogens with one attached hydrogen (secondary N) is 1. The molecule has 1 aromatic carbocycles. The van der Waals surface area contributed by atoms with Gasteiger partial charge in [-0.2, -0.15) is 0 Å². The lowest BCUT2D eigenvalue weighted by molar-refractivity contribution is 0.0522. The molecule has 2 amide bonds. The first-order chi connectivity index (χ1) is 11.1. The molecule has 1 N–H and O–H groups in total. The Morgan fingerprint density at radius 2 is 2.00 bits per heavy atom. The van der Waals surface area contributed by atoms with E-state index in [-0.39, 0.29) is 6.03 Å². The molecule has 0 bridgehead atoms. The minimum absolute atomic E-state index is 0.0316. The van der Waals surface area contributed by atoms with E-state index in [2.05, 4.69) is 41.5 Å². The minimum atomic E-state index is 0.0316. The van der Waals surface area contributed by atoms with Gasteiger partial charge in [0.05, 0.1) is 0 Å². The van der Waals surface area contributed by atoms with E-state index in [0.717, 1.165) is 39.0 Å². The van der Waals surface area contributed by atoms with Crippen molar-refractivity contribution < 1.29 is 9.53 Å². The van der Waals surface area contributed by atoms with Crippen LogP contribution in [-0.2, 0) is 17.7 Å². The molecule has 0 aliphatic carbocycles. The van der Waals surface area contributed by atoms with Gasteiger partial charge in [-0.05, 0) is 37.4 Å². The lowest BCUT2D eigenvalue weighted by Crippen LogP contribution is -2.50. The standard InChI is InChI=1S/C18H27N3O2/c1-20-13-15-6-4-3-5-14(15)11-17(20)12-19-18(22)21(2)16-7-9-23-10-8-16/h3-6,16-17H,7-13H2,1-2H3,(H,19,22)/t17-/m1/s1. The largest absolute Gasteiger partial charge is 0.381 e. The van der Waals surface area contributed by atoms with Crippen LogP contribution in [0, 0.1) is 0 Å². The summed E-state index contributed by atoms with van der Waals surface area (Å²) >= 11 is 0. The fraction of sp³-hybridized carbons (Fsp3) is 0.611. The molecule has 0 saturated carbocycles. The zero-order valence-corrected chi connectivity index (χ0v) is 14.1. The Kier molecular flexibility index (Phi) is 5.18. The van der Waals surface area contributed by atoms with Crippen LogP contribution in [0.5, 0.6) is 0 Å². The molecule has 3 rings (SSSR count). The predicted octanol–water partition coefficient (Wildman–Crippen LogP) is 1.86. The van der Waals surface area contributed by atoms with E-state index >= 15 is 0 Å². The van der Waals surface area contributed by atoms with E-state index < -0.39 is 0 Å². The molecule has 0 aromatic heterocycles. The Morgan fingerprint density at radius 3 is 2.74 bits per heavy atom. The first kappa shape index (κ1) is 16.3. The van der Waals surface area contributed by atoms with Crippen LogP contribution in [0.4, 0.5) is 4.79 Å². The van der Waals surface area contributed by atoms with Crippen molar-refractivity contribution in [3.63, 3.8) is 0 Å². The van der Waals surface area contributed by atoms with Gasteiger partial charge in [-0.25, -0.2) is 4.79 Å². The van der Waals surface area contributed by atoms with Crippen molar-refractivity contribution in [2.75, 3.05) is 33.9 Å². The third kappa shape index (κ3) is 3.85. The number of rotatable bonds is 3. The Balaban J connectivity index is 1.52. The van der Waals surface area contributed by atoms with Gasteiger partial charge in [0.25, 0.3) is 0 Å². The number of urea groups is 1. The number of hydrogen-bond acceptors (Lipinski definition) is 3. The molecular weight excluding hydrogens is 290 g/mol. The normalized spacial score (nSPS) is 22.4. The van der Waals surface area contributed by atoms with Crippen LogP contribution in [0.15, 0.2) is 24.3 Å².